The Labute approximate surface area is 106 Å². The average molecular weight is 245 g/mol. The van der Waals surface area contributed by atoms with Gasteiger partial charge in [-0.05, 0) is 43.2 Å². The highest BCUT2D eigenvalue weighted by atomic mass is 32.2. The summed E-state index contributed by atoms with van der Waals surface area (Å²) in [5, 5.41) is 10.5. The summed E-state index contributed by atoms with van der Waals surface area (Å²) in [5.74, 6) is 0. The summed E-state index contributed by atoms with van der Waals surface area (Å²) >= 11 is 1.64. The smallest absolute Gasteiger partial charge is 0.104 e. The maximum atomic E-state index is 9.48. The van der Waals surface area contributed by atoms with Crippen molar-refractivity contribution in [2.24, 2.45) is 0 Å². The number of aryl methyl sites for hydroxylation is 1. The Morgan fingerprint density at radius 2 is 1.94 bits per heavy atom. The SMILES string of the molecule is Cc1cc([C@H](C)O)cnc1Sc1ccccc1. The van der Waals surface area contributed by atoms with Crippen molar-refractivity contribution in [1.82, 2.24) is 4.98 Å². The van der Waals surface area contributed by atoms with Gasteiger partial charge in [0.2, 0.25) is 0 Å². The summed E-state index contributed by atoms with van der Waals surface area (Å²) in [7, 11) is 0. The minimum atomic E-state index is -0.461. The van der Waals surface area contributed by atoms with Crippen LogP contribution in [0, 0.1) is 6.92 Å². The molecule has 17 heavy (non-hydrogen) atoms. The molecule has 0 bridgehead atoms. The Kier molecular flexibility index (Phi) is 3.82. The Morgan fingerprint density at radius 3 is 2.53 bits per heavy atom. The molecule has 1 N–H and O–H groups in total. The molecule has 0 fully saturated rings. The van der Waals surface area contributed by atoms with Crippen molar-refractivity contribution in [2.75, 3.05) is 0 Å². The lowest BCUT2D eigenvalue weighted by atomic mass is 10.1. The van der Waals surface area contributed by atoms with E-state index in [1.54, 1.807) is 24.9 Å². The fourth-order valence-corrected chi connectivity index (χ4v) is 2.36. The van der Waals surface area contributed by atoms with Gasteiger partial charge in [-0.1, -0.05) is 30.0 Å². The zero-order valence-electron chi connectivity index (χ0n) is 9.92. The first kappa shape index (κ1) is 12.1. The van der Waals surface area contributed by atoms with Gasteiger partial charge >= 0.3 is 0 Å². The second-order valence-corrected chi connectivity index (χ2v) is 5.04. The van der Waals surface area contributed by atoms with E-state index in [0.29, 0.717) is 0 Å². The highest BCUT2D eigenvalue weighted by Crippen LogP contribution is 2.29. The number of pyridine rings is 1. The van der Waals surface area contributed by atoms with Gasteiger partial charge in [-0.3, -0.25) is 0 Å². The van der Waals surface area contributed by atoms with Gasteiger partial charge in [0.05, 0.1) is 6.10 Å². The predicted molar refractivity (Wildman–Crippen MR) is 70.2 cm³/mol. The summed E-state index contributed by atoms with van der Waals surface area (Å²) in [6, 6.07) is 12.1. The first-order valence-electron chi connectivity index (χ1n) is 5.54. The highest BCUT2D eigenvalue weighted by molar-refractivity contribution is 7.99. The minimum Gasteiger partial charge on any atom is -0.389 e. The summed E-state index contributed by atoms with van der Waals surface area (Å²) in [4.78, 5) is 5.57. The number of hydrogen-bond donors (Lipinski definition) is 1. The van der Waals surface area contributed by atoms with E-state index in [0.717, 1.165) is 16.2 Å². The quantitative estimate of drug-likeness (QED) is 0.897. The van der Waals surface area contributed by atoms with Crippen LogP contribution < -0.4 is 0 Å². The summed E-state index contributed by atoms with van der Waals surface area (Å²) in [6.45, 7) is 3.77. The van der Waals surface area contributed by atoms with Crippen molar-refractivity contribution >= 4 is 11.8 Å². The topological polar surface area (TPSA) is 33.1 Å². The van der Waals surface area contributed by atoms with Gasteiger partial charge in [0.1, 0.15) is 5.03 Å². The van der Waals surface area contributed by atoms with E-state index in [2.05, 4.69) is 17.1 Å². The summed E-state index contributed by atoms with van der Waals surface area (Å²) < 4.78 is 0. The number of rotatable bonds is 3. The average Bonchev–Trinajstić information content (AvgIpc) is 2.33. The Balaban J connectivity index is 2.23. The number of benzene rings is 1. The summed E-state index contributed by atoms with van der Waals surface area (Å²) in [6.07, 6.45) is 1.28. The van der Waals surface area contributed by atoms with Gasteiger partial charge in [-0.25, -0.2) is 4.98 Å². The second-order valence-electron chi connectivity index (χ2n) is 3.98. The fourth-order valence-electron chi connectivity index (χ4n) is 1.52. The molecule has 1 atom stereocenters. The highest BCUT2D eigenvalue weighted by Gasteiger charge is 2.06. The first-order chi connectivity index (χ1) is 8.16. The van der Waals surface area contributed by atoms with Crippen molar-refractivity contribution in [3.63, 3.8) is 0 Å². The number of aliphatic hydroxyl groups is 1. The molecule has 0 spiro atoms. The third kappa shape index (κ3) is 3.08. The van der Waals surface area contributed by atoms with E-state index in [9.17, 15) is 5.11 Å². The van der Waals surface area contributed by atoms with Crippen LogP contribution in [-0.2, 0) is 0 Å². The van der Waals surface area contributed by atoms with Crippen LogP contribution in [0.25, 0.3) is 0 Å². The zero-order chi connectivity index (χ0) is 12.3. The molecule has 0 aliphatic heterocycles. The van der Waals surface area contributed by atoms with Crippen LogP contribution in [0.4, 0.5) is 0 Å². The molecule has 2 nitrogen and oxygen atoms in total. The molecule has 2 aromatic rings. The number of hydrogen-bond acceptors (Lipinski definition) is 3. The number of aliphatic hydroxyl groups excluding tert-OH is 1. The number of nitrogens with zero attached hydrogens (tertiary/aromatic N) is 1. The molecule has 88 valence electrons. The molecule has 0 aliphatic carbocycles. The molecule has 0 unspecified atom stereocenters. The zero-order valence-corrected chi connectivity index (χ0v) is 10.7. The van der Waals surface area contributed by atoms with E-state index < -0.39 is 6.10 Å². The standard InChI is InChI=1S/C14H15NOS/c1-10-8-12(11(2)16)9-15-14(10)17-13-6-4-3-5-7-13/h3-9,11,16H,1-2H3/t11-/m0/s1. The van der Waals surface area contributed by atoms with Gasteiger partial charge in [0.15, 0.2) is 0 Å². The maximum absolute atomic E-state index is 9.48. The first-order valence-corrected chi connectivity index (χ1v) is 6.36. The van der Waals surface area contributed by atoms with Crippen molar-refractivity contribution < 1.29 is 5.11 Å². The van der Waals surface area contributed by atoms with Crippen LogP contribution in [0.1, 0.15) is 24.2 Å². The lowest BCUT2D eigenvalue weighted by molar-refractivity contribution is 0.198. The van der Waals surface area contributed by atoms with Crippen molar-refractivity contribution in [2.45, 2.75) is 29.9 Å². The van der Waals surface area contributed by atoms with Crippen LogP contribution in [0.3, 0.4) is 0 Å². The fraction of sp³-hybridized carbons (Fsp3) is 0.214. The van der Waals surface area contributed by atoms with Gasteiger partial charge in [-0.15, -0.1) is 0 Å². The van der Waals surface area contributed by atoms with E-state index in [1.807, 2.05) is 31.2 Å². The molecular weight excluding hydrogens is 230 g/mol. The lowest BCUT2D eigenvalue weighted by Crippen LogP contribution is -1.95. The maximum Gasteiger partial charge on any atom is 0.104 e. The molecule has 3 heteroatoms. The Bertz CT molecular complexity index is 497. The third-order valence-electron chi connectivity index (χ3n) is 2.49. The minimum absolute atomic E-state index is 0.461. The lowest BCUT2D eigenvalue weighted by Gasteiger charge is -2.08. The molecule has 1 aromatic carbocycles. The van der Waals surface area contributed by atoms with Gasteiger partial charge in [0, 0.05) is 11.1 Å². The van der Waals surface area contributed by atoms with Crippen LogP contribution in [-0.4, -0.2) is 10.1 Å². The summed E-state index contributed by atoms with van der Waals surface area (Å²) in [5.41, 5.74) is 1.96. The molecule has 1 heterocycles. The molecule has 0 radical (unpaired) electrons. The molecule has 0 saturated carbocycles. The third-order valence-corrected chi connectivity index (χ3v) is 3.62. The molecule has 1 aromatic heterocycles. The molecule has 0 saturated heterocycles. The van der Waals surface area contributed by atoms with Crippen molar-refractivity contribution in [3.8, 4) is 0 Å². The van der Waals surface area contributed by atoms with Gasteiger partial charge in [-0.2, -0.15) is 0 Å². The predicted octanol–water partition coefficient (Wildman–Crippen LogP) is 3.59. The Morgan fingerprint density at radius 1 is 1.24 bits per heavy atom. The van der Waals surface area contributed by atoms with E-state index in [-0.39, 0.29) is 0 Å². The number of aromatic nitrogens is 1. The van der Waals surface area contributed by atoms with Gasteiger partial charge in [0.25, 0.3) is 0 Å². The van der Waals surface area contributed by atoms with E-state index >= 15 is 0 Å². The van der Waals surface area contributed by atoms with Crippen molar-refractivity contribution in [3.05, 3.63) is 53.7 Å². The molecule has 2 rings (SSSR count). The molecular formula is C14H15NOS. The van der Waals surface area contributed by atoms with E-state index in [4.69, 9.17) is 0 Å². The van der Waals surface area contributed by atoms with Gasteiger partial charge < -0.3 is 5.11 Å². The monoisotopic (exact) mass is 245 g/mol. The van der Waals surface area contributed by atoms with Crippen LogP contribution >= 0.6 is 11.8 Å². The van der Waals surface area contributed by atoms with Crippen LogP contribution in [0.15, 0.2) is 52.5 Å². The second kappa shape index (κ2) is 5.34. The normalized spacial score (nSPS) is 12.4. The van der Waals surface area contributed by atoms with Crippen molar-refractivity contribution in [1.29, 1.82) is 0 Å². The van der Waals surface area contributed by atoms with Crippen LogP contribution in [0.5, 0.6) is 0 Å². The largest absolute Gasteiger partial charge is 0.389 e. The van der Waals surface area contributed by atoms with Crippen LogP contribution in [0.2, 0.25) is 0 Å². The van der Waals surface area contributed by atoms with E-state index in [1.165, 1.54) is 4.90 Å². The molecule has 0 amide bonds. The molecule has 0 aliphatic rings. The Hall–Kier alpha value is -1.32.